The molecule has 0 atom stereocenters. The van der Waals surface area contributed by atoms with Crippen LogP contribution in [-0.2, 0) is 13.1 Å². The third kappa shape index (κ3) is 2.60. The Morgan fingerprint density at radius 2 is 2.00 bits per heavy atom. The highest BCUT2D eigenvalue weighted by atomic mass is 15.1. The molecule has 0 aliphatic carbocycles. The first-order valence-corrected chi connectivity index (χ1v) is 4.79. The van der Waals surface area contributed by atoms with Crippen LogP contribution in [-0.4, -0.2) is 20.2 Å². The average molecular weight is 203 g/mol. The Hall–Kier alpha value is -1.75. The van der Waals surface area contributed by atoms with E-state index in [1.165, 1.54) is 11.9 Å². The van der Waals surface area contributed by atoms with Crippen LogP contribution in [0.3, 0.4) is 0 Å². The maximum absolute atomic E-state index is 3.96. The van der Waals surface area contributed by atoms with E-state index in [9.17, 15) is 0 Å². The molecule has 2 N–H and O–H groups in total. The van der Waals surface area contributed by atoms with E-state index < -0.39 is 0 Å². The molecule has 0 aliphatic rings. The highest BCUT2D eigenvalue weighted by Gasteiger charge is 1.99. The fourth-order valence-electron chi connectivity index (χ4n) is 1.32. The third-order valence-corrected chi connectivity index (χ3v) is 2.19. The van der Waals surface area contributed by atoms with Gasteiger partial charge in [-0.1, -0.05) is 0 Å². The number of nitrogens with zero attached hydrogens (tertiary/aromatic N) is 3. The summed E-state index contributed by atoms with van der Waals surface area (Å²) in [4.78, 5) is 7.90. The molecule has 0 fully saturated rings. The second-order valence-corrected chi connectivity index (χ2v) is 3.37. The van der Waals surface area contributed by atoms with Gasteiger partial charge in [-0.3, -0.25) is 5.10 Å². The van der Waals surface area contributed by atoms with Crippen molar-refractivity contribution in [1.29, 1.82) is 0 Å². The van der Waals surface area contributed by atoms with Crippen LogP contribution in [0.2, 0.25) is 0 Å². The van der Waals surface area contributed by atoms with Crippen LogP contribution in [0, 0.1) is 6.92 Å². The molecular weight excluding hydrogens is 190 g/mol. The Bertz CT molecular complexity index is 409. The summed E-state index contributed by atoms with van der Waals surface area (Å²) in [5.41, 5.74) is 3.37. The van der Waals surface area contributed by atoms with E-state index >= 15 is 0 Å². The van der Waals surface area contributed by atoms with Crippen molar-refractivity contribution in [1.82, 2.24) is 25.5 Å². The quantitative estimate of drug-likeness (QED) is 0.771. The maximum Gasteiger partial charge on any atom is 0.115 e. The molecule has 0 spiro atoms. The lowest BCUT2D eigenvalue weighted by Gasteiger charge is -2.02. The molecule has 5 heteroatoms. The average Bonchev–Trinajstić information content (AvgIpc) is 2.66. The Labute approximate surface area is 88.0 Å². The predicted molar refractivity (Wildman–Crippen MR) is 55.9 cm³/mol. The van der Waals surface area contributed by atoms with Crippen LogP contribution in [0.5, 0.6) is 0 Å². The van der Waals surface area contributed by atoms with Crippen molar-refractivity contribution >= 4 is 0 Å². The smallest absolute Gasteiger partial charge is 0.115 e. The van der Waals surface area contributed by atoms with Gasteiger partial charge in [-0.2, -0.15) is 5.10 Å². The molecule has 0 aromatic carbocycles. The van der Waals surface area contributed by atoms with Crippen LogP contribution in [0.15, 0.2) is 24.9 Å². The zero-order valence-electron chi connectivity index (χ0n) is 8.57. The van der Waals surface area contributed by atoms with Crippen molar-refractivity contribution in [2.24, 2.45) is 0 Å². The molecule has 15 heavy (non-hydrogen) atoms. The van der Waals surface area contributed by atoms with E-state index in [1.54, 1.807) is 0 Å². The summed E-state index contributed by atoms with van der Waals surface area (Å²) >= 11 is 0. The van der Waals surface area contributed by atoms with E-state index in [0.29, 0.717) is 0 Å². The Balaban J connectivity index is 1.83. The maximum atomic E-state index is 3.96. The van der Waals surface area contributed by atoms with Gasteiger partial charge in [0, 0.05) is 42.3 Å². The number of aromatic nitrogens is 4. The predicted octanol–water partition coefficient (Wildman–Crippen LogP) is 0.798. The molecule has 0 amide bonds. The van der Waals surface area contributed by atoms with E-state index in [-0.39, 0.29) is 0 Å². The summed E-state index contributed by atoms with van der Waals surface area (Å²) in [7, 11) is 0. The molecule has 2 aromatic rings. The molecule has 78 valence electrons. The molecule has 2 rings (SSSR count). The first kappa shape index (κ1) is 9.79. The summed E-state index contributed by atoms with van der Waals surface area (Å²) in [5.74, 6) is 0. The number of nitrogens with one attached hydrogen (secondary N) is 2. The fourth-order valence-corrected chi connectivity index (χ4v) is 1.32. The van der Waals surface area contributed by atoms with Crippen LogP contribution in [0.4, 0.5) is 0 Å². The van der Waals surface area contributed by atoms with E-state index in [0.717, 1.165) is 24.3 Å². The van der Waals surface area contributed by atoms with Crippen molar-refractivity contribution in [2.45, 2.75) is 20.0 Å². The standard InChI is InChI=1S/C10H13N5/c1-8-10(6-14-15-8)5-11-2-9-3-12-7-13-4-9/h3-4,6-7,11H,2,5H2,1H3,(H,14,15). The topological polar surface area (TPSA) is 66.5 Å². The molecule has 2 heterocycles. The van der Waals surface area contributed by atoms with Crippen molar-refractivity contribution in [2.75, 3.05) is 0 Å². The first-order valence-electron chi connectivity index (χ1n) is 4.79. The first-order chi connectivity index (χ1) is 7.36. The minimum Gasteiger partial charge on any atom is -0.308 e. The van der Waals surface area contributed by atoms with Crippen LogP contribution in [0.25, 0.3) is 0 Å². The van der Waals surface area contributed by atoms with Gasteiger partial charge in [0.05, 0.1) is 6.20 Å². The second-order valence-electron chi connectivity index (χ2n) is 3.37. The zero-order chi connectivity index (χ0) is 10.5. The van der Waals surface area contributed by atoms with Gasteiger partial charge < -0.3 is 5.32 Å². The Morgan fingerprint density at radius 1 is 1.20 bits per heavy atom. The highest BCUT2D eigenvalue weighted by molar-refractivity contribution is 5.14. The van der Waals surface area contributed by atoms with Crippen molar-refractivity contribution < 1.29 is 0 Å². The largest absolute Gasteiger partial charge is 0.308 e. The number of aryl methyl sites for hydroxylation is 1. The molecule has 0 aliphatic heterocycles. The number of hydrogen-bond donors (Lipinski definition) is 2. The minimum atomic E-state index is 0.769. The fraction of sp³-hybridized carbons (Fsp3) is 0.300. The lowest BCUT2D eigenvalue weighted by atomic mass is 10.2. The molecule has 0 radical (unpaired) electrons. The van der Waals surface area contributed by atoms with Gasteiger partial charge in [-0.05, 0) is 6.92 Å². The van der Waals surface area contributed by atoms with E-state index in [2.05, 4.69) is 25.5 Å². The lowest BCUT2D eigenvalue weighted by molar-refractivity contribution is 0.686. The zero-order valence-corrected chi connectivity index (χ0v) is 8.57. The third-order valence-electron chi connectivity index (χ3n) is 2.19. The van der Waals surface area contributed by atoms with Gasteiger partial charge in [0.1, 0.15) is 6.33 Å². The monoisotopic (exact) mass is 203 g/mol. The van der Waals surface area contributed by atoms with Crippen LogP contribution in [0.1, 0.15) is 16.8 Å². The summed E-state index contributed by atoms with van der Waals surface area (Å²) in [6, 6.07) is 0. The Kier molecular flexibility index (Phi) is 3.04. The van der Waals surface area contributed by atoms with E-state index in [4.69, 9.17) is 0 Å². The summed E-state index contributed by atoms with van der Waals surface area (Å²) < 4.78 is 0. The van der Waals surface area contributed by atoms with Crippen molar-refractivity contribution in [3.8, 4) is 0 Å². The van der Waals surface area contributed by atoms with E-state index in [1.807, 2.05) is 25.5 Å². The lowest BCUT2D eigenvalue weighted by Crippen LogP contribution is -2.13. The summed E-state index contributed by atoms with van der Waals surface area (Å²) in [5, 5.41) is 10.2. The van der Waals surface area contributed by atoms with Gasteiger partial charge in [0.2, 0.25) is 0 Å². The van der Waals surface area contributed by atoms with Gasteiger partial charge in [-0.25, -0.2) is 9.97 Å². The molecule has 0 bridgehead atoms. The molecule has 5 nitrogen and oxygen atoms in total. The number of rotatable bonds is 4. The normalized spacial score (nSPS) is 10.5. The number of H-pyrrole nitrogens is 1. The minimum absolute atomic E-state index is 0.769. The highest BCUT2D eigenvalue weighted by Crippen LogP contribution is 2.02. The molecule has 0 unspecified atom stereocenters. The van der Waals surface area contributed by atoms with Gasteiger partial charge in [-0.15, -0.1) is 0 Å². The van der Waals surface area contributed by atoms with Gasteiger partial charge in [0.25, 0.3) is 0 Å². The number of aromatic amines is 1. The van der Waals surface area contributed by atoms with Gasteiger partial charge in [0.15, 0.2) is 0 Å². The number of hydrogen-bond acceptors (Lipinski definition) is 4. The molecular formula is C10H13N5. The SMILES string of the molecule is Cc1[nH]ncc1CNCc1cncnc1. The molecule has 2 aromatic heterocycles. The second kappa shape index (κ2) is 4.65. The Morgan fingerprint density at radius 3 is 2.67 bits per heavy atom. The van der Waals surface area contributed by atoms with Gasteiger partial charge >= 0.3 is 0 Å². The van der Waals surface area contributed by atoms with Crippen molar-refractivity contribution in [3.63, 3.8) is 0 Å². The van der Waals surface area contributed by atoms with Crippen LogP contribution < -0.4 is 5.32 Å². The van der Waals surface area contributed by atoms with Crippen molar-refractivity contribution in [3.05, 3.63) is 41.7 Å². The molecule has 0 saturated heterocycles. The molecule has 0 saturated carbocycles. The summed E-state index contributed by atoms with van der Waals surface area (Å²) in [6.45, 7) is 3.58. The summed E-state index contributed by atoms with van der Waals surface area (Å²) in [6.07, 6.45) is 6.98. The van der Waals surface area contributed by atoms with Crippen LogP contribution >= 0.6 is 0 Å².